The Bertz CT molecular complexity index is 640. The SMILES string of the molecule is CS(=O)/C=C/C(=O)NC1CCCN1C(=O)/C=C/c1ccccc1. The third-order valence-electron chi connectivity index (χ3n) is 3.47. The zero-order valence-electron chi connectivity index (χ0n) is 13.0. The zero-order chi connectivity index (χ0) is 16.7. The van der Waals surface area contributed by atoms with Gasteiger partial charge in [0.05, 0.1) is 0 Å². The first-order valence-electron chi connectivity index (χ1n) is 7.41. The third kappa shape index (κ3) is 5.49. The van der Waals surface area contributed by atoms with Crippen molar-refractivity contribution in [1.29, 1.82) is 0 Å². The van der Waals surface area contributed by atoms with Crippen LogP contribution >= 0.6 is 0 Å². The minimum Gasteiger partial charge on any atom is -0.332 e. The van der Waals surface area contributed by atoms with Gasteiger partial charge >= 0.3 is 0 Å². The van der Waals surface area contributed by atoms with E-state index in [4.69, 9.17) is 0 Å². The monoisotopic (exact) mass is 332 g/mol. The molecule has 1 N–H and O–H groups in total. The molecule has 1 fully saturated rings. The first-order valence-corrected chi connectivity index (χ1v) is 9.03. The molecule has 2 unspecified atom stereocenters. The van der Waals surface area contributed by atoms with Gasteiger partial charge in [-0.15, -0.1) is 0 Å². The summed E-state index contributed by atoms with van der Waals surface area (Å²) in [6.07, 6.45) is 7.28. The van der Waals surface area contributed by atoms with Gasteiger partial charge in [0.25, 0.3) is 0 Å². The molecular weight excluding hydrogens is 312 g/mol. The average molecular weight is 332 g/mol. The number of hydrogen-bond donors (Lipinski definition) is 1. The average Bonchev–Trinajstić information content (AvgIpc) is 3.00. The Morgan fingerprint density at radius 1 is 1.26 bits per heavy atom. The fourth-order valence-electron chi connectivity index (χ4n) is 2.38. The number of rotatable bonds is 5. The van der Waals surface area contributed by atoms with E-state index < -0.39 is 10.8 Å². The van der Waals surface area contributed by atoms with Gasteiger partial charge in [0.2, 0.25) is 11.8 Å². The standard InChI is InChI=1S/C17H20N2O3S/c1-23(22)13-11-16(20)18-15-8-5-12-19(15)17(21)10-9-14-6-3-2-4-7-14/h2-4,6-7,9-11,13,15H,5,8,12H2,1H3,(H,18,20)/b10-9+,13-11+. The van der Waals surface area contributed by atoms with Crippen LogP contribution in [0.5, 0.6) is 0 Å². The molecule has 2 amide bonds. The van der Waals surface area contributed by atoms with Crippen LogP contribution in [0.4, 0.5) is 0 Å². The molecule has 0 aliphatic carbocycles. The number of amides is 2. The first kappa shape index (κ1) is 17.1. The normalized spacial score (nSPS) is 19.3. The maximum Gasteiger partial charge on any atom is 0.248 e. The molecule has 0 bridgehead atoms. The van der Waals surface area contributed by atoms with E-state index in [1.54, 1.807) is 11.0 Å². The molecule has 5 nitrogen and oxygen atoms in total. The van der Waals surface area contributed by atoms with E-state index in [2.05, 4.69) is 5.32 Å². The number of benzene rings is 1. The Kier molecular flexibility index (Phi) is 6.29. The number of nitrogens with zero attached hydrogens (tertiary/aromatic N) is 1. The topological polar surface area (TPSA) is 66.5 Å². The Hall–Kier alpha value is -2.21. The lowest BCUT2D eigenvalue weighted by Gasteiger charge is -2.23. The van der Waals surface area contributed by atoms with Crippen molar-refractivity contribution in [3.05, 3.63) is 53.5 Å². The highest BCUT2D eigenvalue weighted by Crippen LogP contribution is 2.16. The molecule has 1 aromatic rings. The molecule has 0 spiro atoms. The van der Waals surface area contributed by atoms with Gasteiger partial charge in [0, 0.05) is 41.2 Å². The van der Waals surface area contributed by atoms with Crippen LogP contribution in [0.1, 0.15) is 18.4 Å². The number of likely N-dealkylation sites (tertiary alicyclic amines) is 1. The molecule has 0 saturated carbocycles. The smallest absolute Gasteiger partial charge is 0.248 e. The third-order valence-corrected chi connectivity index (χ3v) is 3.99. The minimum absolute atomic E-state index is 0.125. The molecule has 1 aliphatic rings. The first-order chi connectivity index (χ1) is 11.1. The van der Waals surface area contributed by atoms with E-state index in [1.165, 1.54) is 23.8 Å². The van der Waals surface area contributed by atoms with Gasteiger partial charge in [-0.2, -0.15) is 0 Å². The van der Waals surface area contributed by atoms with Gasteiger partial charge in [-0.3, -0.25) is 13.8 Å². The molecule has 1 aliphatic heterocycles. The summed E-state index contributed by atoms with van der Waals surface area (Å²) in [5.74, 6) is -0.461. The molecule has 122 valence electrons. The van der Waals surface area contributed by atoms with Crippen molar-refractivity contribution in [2.45, 2.75) is 19.0 Å². The van der Waals surface area contributed by atoms with Gasteiger partial charge < -0.3 is 10.2 Å². The Morgan fingerprint density at radius 3 is 2.70 bits per heavy atom. The molecule has 6 heteroatoms. The summed E-state index contributed by atoms with van der Waals surface area (Å²) in [5, 5.41) is 4.10. The van der Waals surface area contributed by atoms with Crippen molar-refractivity contribution < 1.29 is 13.8 Å². The van der Waals surface area contributed by atoms with E-state index in [0.717, 1.165) is 18.4 Å². The summed E-state index contributed by atoms with van der Waals surface area (Å²) < 4.78 is 10.9. The lowest BCUT2D eigenvalue weighted by molar-refractivity contribution is -0.128. The molecule has 1 saturated heterocycles. The Labute approximate surface area is 138 Å². The second-order valence-corrected chi connectivity index (χ2v) is 6.51. The quantitative estimate of drug-likeness (QED) is 0.834. The van der Waals surface area contributed by atoms with Crippen molar-refractivity contribution in [3.63, 3.8) is 0 Å². The highest BCUT2D eigenvalue weighted by Gasteiger charge is 2.28. The van der Waals surface area contributed by atoms with Crippen LogP contribution in [0.15, 0.2) is 47.9 Å². The van der Waals surface area contributed by atoms with Crippen LogP contribution in [0.25, 0.3) is 6.08 Å². The molecule has 0 radical (unpaired) electrons. The van der Waals surface area contributed by atoms with E-state index in [-0.39, 0.29) is 18.0 Å². The van der Waals surface area contributed by atoms with Crippen molar-refractivity contribution >= 4 is 28.7 Å². The van der Waals surface area contributed by atoms with E-state index in [9.17, 15) is 13.8 Å². The number of carbonyl (C=O) groups excluding carboxylic acids is 2. The Morgan fingerprint density at radius 2 is 2.00 bits per heavy atom. The maximum atomic E-state index is 12.3. The van der Waals surface area contributed by atoms with Gasteiger partial charge in [-0.1, -0.05) is 30.3 Å². The fraction of sp³-hybridized carbons (Fsp3) is 0.294. The van der Waals surface area contributed by atoms with Gasteiger partial charge in [-0.05, 0) is 24.5 Å². The minimum atomic E-state index is -1.16. The van der Waals surface area contributed by atoms with Crippen LogP contribution in [0.2, 0.25) is 0 Å². The molecule has 2 atom stereocenters. The maximum absolute atomic E-state index is 12.3. The van der Waals surface area contributed by atoms with Crippen molar-refractivity contribution in [2.75, 3.05) is 12.8 Å². The molecule has 23 heavy (non-hydrogen) atoms. The summed E-state index contributed by atoms with van der Waals surface area (Å²) in [4.78, 5) is 25.7. The molecule has 1 heterocycles. The predicted octanol–water partition coefficient (Wildman–Crippen LogP) is 1.66. The molecule has 1 aromatic carbocycles. The number of hydrogen-bond acceptors (Lipinski definition) is 3. The summed E-state index contributed by atoms with van der Waals surface area (Å²) in [5.41, 5.74) is 0.953. The van der Waals surface area contributed by atoms with Crippen LogP contribution in [-0.2, 0) is 20.4 Å². The fourth-order valence-corrected chi connectivity index (χ4v) is 2.69. The zero-order valence-corrected chi connectivity index (χ0v) is 13.8. The van der Waals surface area contributed by atoms with Crippen LogP contribution < -0.4 is 5.32 Å². The number of carbonyl (C=O) groups is 2. The van der Waals surface area contributed by atoms with E-state index >= 15 is 0 Å². The molecule has 0 aromatic heterocycles. The summed E-state index contributed by atoms with van der Waals surface area (Å²) in [6, 6.07) is 9.58. The summed E-state index contributed by atoms with van der Waals surface area (Å²) >= 11 is 0. The van der Waals surface area contributed by atoms with E-state index in [1.807, 2.05) is 30.3 Å². The summed E-state index contributed by atoms with van der Waals surface area (Å²) in [7, 11) is -1.16. The molecule has 2 rings (SSSR count). The van der Waals surface area contributed by atoms with E-state index in [0.29, 0.717) is 6.54 Å². The largest absolute Gasteiger partial charge is 0.332 e. The lowest BCUT2D eigenvalue weighted by atomic mass is 10.2. The highest BCUT2D eigenvalue weighted by molar-refractivity contribution is 7.87. The molecular formula is C17H20N2O3S. The van der Waals surface area contributed by atoms with Gasteiger partial charge in [0.15, 0.2) is 0 Å². The highest BCUT2D eigenvalue weighted by atomic mass is 32.2. The van der Waals surface area contributed by atoms with Crippen LogP contribution in [0.3, 0.4) is 0 Å². The lowest BCUT2D eigenvalue weighted by Crippen LogP contribution is -2.46. The second-order valence-electron chi connectivity index (χ2n) is 5.24. The van der Waals surface area contributed by atoms with Gasteiger partial charge in [-0.25, -0.2) is 0 Å². The Balaban J connectivity index is 1.95. The van der Waals surface area contributed by atoms with Crippen molar-refractivity contribution in [2.24, 2.45) is 0 Å². The van der Waals surface area contributed by atoms with Gasteiger partial charge in [0.1, 0.15) is 6.17 Å². The van der Waals surface area contributed by atoms with Crippen molar-refractivity contribution in [3.8, 4) is 0 Å². The van der Waals surface area contributed by atoms with Crippen LogP contribution in [0, 0.1) is 0 Å². The summed E-state index contributed by atoms with van der Waals surface area (Å²) in [6.45, 7) is 0.617. The van der Waals surface area contributed by atoms with Crippen molar-refractivity contribution in [1.82, 2.24) is 10.2 Å². The second kappa shape index (κ2) is 8.43. The van der Waals surface area contributed by atoms with Crippen LogP contribution in [-0.4, -0.2) is 39.9 Å². The predicted molar refractivity (Wildman–Crippen MR) is 91.6 cm³/mol. The number of nitrogens with one attached hydrogen (secondary N) is 1.